The van der Waals surface area contributed by atoms with Gasteiger partial charge >= 0.3 is 0 Å². The van der Waals surface area contributed by atoms with Crippen molar-refractivity contribution in [2.24, 2.45) is 5.92 Å². The number of nitrogens with zero attached hydrogens (tertiary/aromatic N) is 2. The van der Waals surface area contributed by atoms with Gasteiger partial charge in [0.2, 0.25) is 21.8 Å². The topological polar surface area (TPSA) is 108 Å². The molecule has 0 unspecified atom stereocenters. The first-order chi connectivity index (χ1) is 14.3. The van der Waals surface area contributed by atoms with Crippen LogP contribution in [0.1, 0.15) is 31.7 Å². The fourth-order valence-electron chi connectivity index (χ4n) is 3.68. The van der Waals surface area contributed by atoms with Gasteiger partial charge in [0, 0.05) is 36.8 Å². The third-order valence-corrected chi connectivity index (χ3v) is 6.79. The van der Waals surface area contributed by atoms with Gasteiger partial charge in [-0.2, -0.15) is 0 Å². The number of carbonyl (C=O) groups excluding carboxylic acids is 2. The van der Waals surface area contributed by atoms with E-state index < -0.39 is 10.0 Å². The highest BCUT2D eigenvalue weighted by Gasteiger charge is 2.39. The number of hydrogen-bond acceptors (Lipinski definition) is 5. The van der Waals surface area contributed by atoms with Crippen LogP contribution in [0, 0.1) is 5.92 Å². The van der Waals surface area contributed by atoms with E-state index in [2.05, 4.69) is 15.0 Å². The van der Waals surface area contributed by atoms with E-state index in [-0.39, 0.29) is 41.6 Å². The molecule has 158 valence electrons. The van der Waals surface area contributed by atoms with Gasteiger partial charge in [-0.25, -0.2) is 13.1 Å². The summed E-state index contributed by atoms with van der Waals surface area (Å²) in [5.41, 5.74) is 2.21. The highest BCUT2D eigenvalue weighted by molar-refractivity contribution is 7.89. The molecule has 0 spiro atoms. The first kappa shape index (κ1) is 20.5. The van der Waals surface area contributed by atoms with Crippen LogP contribution >= 0.6 is 0 Å². The van der Waals surface area contributed by atoms with Crippen molar-refractivity contribution in [3.63, 3.8) is 0 Å². The van der Waals surface area contributed by atoms with Gasteiger partial charge in [0.25, 0.3) is 0 Å². The molecule has 2 heterocycles. The van der Waals surface area contributed by atoms with E-state index in [0.717, 1.165) is 24.1 Å². The molecule has 4 rings (SSSR count). The lowest BCUT2D eigenvalue weighted by Gasteiger charge is -2.22. The first-order valence-corrected chi connectivity index (χ1v) is 11.5. The number of hydrogen-bond donors (Lipinski definition) is 2. The predicted molar refractivity (Wildman–Crippen MR) is 112 cm³/mol. The zero-order chi connectivity index (χ0) is 21.3. The Morgan fingerprint density at radius 3 is 2.73 bits per heavy atom. The van der Waals surface area contributed by atoms with Gasteiger partial charge < -0.3 is 10.2 Å². The number of nitrogens with one attached hydrogen (secondary N) is 2. The molecule has 1 aromatic heterocycles. The SMILES string of the molecule is C[C@H]1Cc2cc(S(=O)(=O)NCCC(=O)Nc3cccnc3)ccc2N1C(=O)C1CC1. The van der Waals surface area contributed by atoms with Crippen molar-refractivity contribution in [2.45, 2.75) is 43.5 Å². The van der Waals surface area contributed by atoms with Gasteiger partial charge in [0.1, 0.15) is 0 Å². The largest absolute Gasteiger partial charge is 0.325 e. The molecule has 9 heteroatoms. The monoisotopic (exact) mass is 428 g/mol. The van der Waals surface area contributed by atoms with E-state index in [0.29, 0.717) is 12.1 Å². The van der Waals surface area contributed by atoms with Gasteiger partial charge in [-0.1, -0.05) is 0 Å². The summed E-state index contributed by atoms with van der Waals surface area (Å²) in [5.74, 6) is -0.0568. The first-order valence-electron chi connectivity index (χ1n) is 10.0. The molecule has 2 amide bonds. The van der Waals surface area contributed by atoms with Gasteiger partial charge in [0.05, 0.1) is 16.8 Å². The summed E-state index contributed by atoms with van der Waals surface area (Å²) >= 11 is 0. The van der Waals surface area contributed by atoms with E-state index in [1.807, 2.05) is 6.92 Å². The molecule has 0 radical (unpaired) electrons. The number of anilines is 2. The Kier molecular flexibility index (Phi) is 5.57. The normalized spacial score (nSPS) is 18.2. The molecule has 2 aliphatic rings. The molecule has 1 aliphatic carbocycles. The second-order valence-electron chi connectivity index (χ2n) is 7.76. The number of aromatic nitrogens is 1. The van der Waals surface area contributed by atoms with Crippen LogP contribution in [0.3, 0.4) is 0 Å². The fourth-order valence-corrected chi connectivity index (χ4v) is 4.76. The summed E-state index contributed by atoms with van der Waals surface area (Å²) in [5, 5.41) is 2.66. The molecular formula is C21H24N4O4S. The van der Waals surface area contributed by atoms with Crippen LogP contribution in [0.25, 0.3) is 0 Å². The maximum Gasteiger partial charge on any atom is 0.240 e. The van der Waals surface area contributed by atoms with Crippen LogP contribution in [0.4, 0.5) is 11.4 Å². The van der Waals surface area contributed by atoms with Gasteiger partial charge in [-0.15, -0.1) is 0 Å². The number of sulfonamides is 1. The molecule has 8 nitrogen and oxygen atoms in total. The lowest BCUT2D eigenvalue weighted by molar-refractivity contribution is -0.120. The number of carbonyl (C=O) groups is 2. The summed E-state index contributed by atoms with van der Waals surface area (Å²) in [4.78, 5) is 30.4. The standard InChI is InChI=1S/C21H24N4O4S/c1-14-11-16-12-18(6-7-19(16)25(14)21(27)15-4-5-15)30(28,29)23-10-8-20(26)24-17-3-2-9-22-13-17/h2-3,6-7,9,12-15,23H,4-5,8,10-11H2,1H3,(H,24,26)/t14-/m0/s1. The Morgan fingerprint density at radius 2 is 2.03 bits per heavy atom. The van der Waals surface area contributed by atoms with Crippen molar-refractivity contribution in [2.75, 3.05) is 16.8 Å². The molecular weight excluding hydrogens is 404 g/mol. The molecule has 1 atom stereocenters. The highest BCUT2D eigenvalue weighted by atomic mass is 32.2. The van der Waals surface area contributed by atoms with Crippen LogP contribution in [-0.4, -0.2) is 37.8 Å². The summed E-state index contributed by atoms with van der Waals surface area (Å²) < 4.78 is 27.8. The van der Waals surface area contributed by atoms with Gasteiger partial charge in [0.15, 0.2) is 0 Å². The van der Waals surface area contributed by atoms with Crippen LogP contribution < -0.4 is 14.9 Å². The maximum atomic E-state index is 12.7. The van der Waals surface area contributed by atoms with Gasteiger partial charge in [-0.3, -0.25) is 14.6 Å². The number of rotatable bonds is 7. The average Bonchev–Trinajstić information content (AvgIpc) is 3.50. The summed E-state index contributed by atoms with van der Waals surface area (Å²) in [6, 6.07) is 8.29. The van der Waals surface area contributed by atoms with E-state index in [1.165, 1.54) is 12.3 Å². The van der Waals surface area contributed by atoms with Crippen molar-refractivity contribution in [1.82, 2.24) is 9.71 Å². The van der Waals surface area contributed by atoms with Crippen LogP contribution in [0.2, 0.25) is 0 Å². The summed E-state index contributed by atoms with van der Waals surface area (Å²) in [6.07, 6.45) is 5.61. The zero-order valence-corrected chi connectivity index (χ0v) is 17.5. The average molecular weight is 429 g/mol. The molecule has 1 aliphatic heterocycles. The molecule has 0 bridgehead atoms. The quantitative estimate of drug-likeness (QED) is 0.702. The van der Waals surface area contributed by atoms with Crippen molar-refractivity contribution in [3.8, 4) is 0 Å². The van der Waals surface area contributed by atoms with E-state index in [9.17, 15) is 18.0 Å². The van der Waals surface area contributed by atoms with E-state index in [1.54, 1.807) is 35.4 Å². The van der Waals surface area contributed by atoms with Crippen LogP contribution in [0.15, 0.2) is 47.6 Å². The molecule has 2 N–H and O–H groups in total. The van der Waals surface area contributed by atoms with Crippen LogP contribution in [0.5, 0.6) is 0 Å². The van der Waals surface area contributed by atoms with Crippen LogP contribution in [-0.2, 0) is 26.0 Å². The predicted octanol–water partition coefficient (Wildman–Crippen LogP) is 2.08. The Labute approximate surface area is 175 Å². The number of benzene rings is 1. The summed E-state index contributed by atoms with van der Waals surface area (Å²) in [7, 11) is -3.76. The Bertz CT molecular complexity index is 1070. The molecule has 30 heavy (non-hydrogen) atoms. The summed E-state index contributed by atoms with van der Waals surface area (Å²) in [6.45, 7) is 1.96. The molecule has 2 aromatic rings. The van der Waals surface area contributed by atoms with E-state index in [4.69, 9.17) is 0 Å². The Balaban J connectivity index is 1.38. The minimum absolute atomic E-state index is 0.000231. The highest BCUT2D eigenvalue weighted by Crippen LogP contribution is 2.39. The maximum absolute atomic E-state index is 12.7. The molecule has 0 saturated heterocycles. The third-order valence-electron chi connectivity index (χ3n) is 5.33. The molecule has 1 fully saturated rings. The van der Waals surface area contributed by atoms with Crippen molar-refractivity contribution in [3.05, 3.63) is 48.3 Å². The second kappa shape index (κ2) is 8.16. The number of amides is 2. The van der Waals surface area contributed by atoms with Crippen molar-refractivity contribution in [1.29, 1.82) is 0 Å². The van der Waals surface area contributed by atoms with Gasteiger partial charge in [-0.05, 0) is 62.1 Å². The Hall–Kier alpha value is -2.78. The third kappa shape index (κ3) is 4.36. The number of pyridine rings is 1. The lowest BCUT2D eigenvalue weighted by atomic mass is 10.1. The zero-order valence-electron chi connectivity index (χ0n) is 16.7. The minimum atomic E-state index is -3.76. The second-order valence-corrected chi connectivity index (χ2v) is 9.53. The minimum Gasteiger partial charge on any atom is -0.325 e. The van der Waals surface area contributed by atoms with E-state index >= 15 is 0 Å². The lowest BCUT2D eigenvalue weighted by Crippen LogP contribution is -2.36. The van der Waals surface area contributed by atoms with Crippen molar-refractivity contribution >= 4 is 33.2 Å². The molecule has 1 saturated carbocycles. The smallest absolute Gasteiger partial charge is 0.240 e. The number of fused-ring (bicyclic) bond motifs is 1. The van der Waals surface area contributed by atoms with Crippen molar-refractivity contribution < 1.29 is 18.0 Å². The Morgan fingerprint density at radius 1 is 1.23 bits per heavy atom. The molecule has 1 aromatic carbocycles. The fraction of sp³-hybridized carbons (Fsp3) is 0.381.